The number of nitrogens with zero attached hydrogens (tertiary/aromatic N) is 1. The first-order valence-electron chi connectivity index (χ1n) is 8.11. The smallest absolute Gasteiger partial charge is 0.0236 e. The van der Waals surface area contributed by atoms with Gasteiger partial charge < -0.3 is 5.32 Å². The Labute approximate surface area is 124 Å². The average Bonchev–Trinajstić information content (AvgIpc) is 3.22. The lowest BCUT2D eigenvalue weighted by Gasteiger charge is -2.23. The van der Waals surface area contributed by atoms with Crippen LogP contribution in [0.15, 0.2) is 24.3 Å². The zero-order valence-corrected chi connectivity index (χ0v) is 13.6. The maximum atomic E-state index is 3.73. The van der Waals surface area contributed by atoms with Gasteiger partial charge in [0.2, 0.25) is 0 Å². The highest BCUT2D eigenvalue weighted by atomic mass is 15.1. The molecule has 20 heavy (non-hydrogen) atoms. The molecule has 0 radical (unpaired) electrons. The molecule has 112 valence electrons. The van der Waals surface area contributed by atoms with Crippen LogP contribution >= 0.6 is 0 Å². The molecule has 1 N–H and O–H groups in total. The van der Waals surface area contributed by atoms with Gasteiger partial charge in [-0.05, 0) is 49.4 Å². The molecule has 0 saturated heterocycles. The molecule has 0 aromatic heterocycles. The molecule has 0 bridgehead atoms. The van der Waals surface area contributed by atoms with E-state index >= 15 is 0 Å². The van der Waals surface area contributed by atoms with Crippen LogP contribution in [0.4, 0.5) is 0 Å². The summed E-state index contributed by atoms with van der Waals surface area (Å²) in [4.78, 5) is 2.48. The Hall–Kier alpha value is -0.860. The van der Waals surface area contributed by atoms with Crippen molar-refractivity contribution >= 4 is 0 Å². The number of hydrogen-bond acceptors (Lipinski definition) is 2. The van der Waals surface area contributed by atoms with E-state index in [1.165, 1.54) is 24.0 Å². The average molecular weight is 274 g/mol. The minimum atomic E-state index is 0.549. The van der Waals surface area contributed by atoms with Crippen molar-refractivity contribution in [1.82, 2.24) is 10.2 Å². The third-order valence-electron chi connectivity index (χ3n) is 5.09. The van der Waals surface area contributed by atoms with Crippen LogP contribution in [0.3, 0.4) is 0 Å². The fraction of sp³-hybridized carbons (Fsp3) is 0.667. The van der Waals surface area contributed by atoms with Gasteiger partial charge in [-0.2, -0.15) is 0 Å². The largest absolute Gasteiger partial charge is 0.310 e. The first-order chi connectivity index (χ1) is 9.59. The van der Waals surface area contributed by atoms with Gasteiger partial charge in [-0.3, -0.25) is 4.90 Å². The summed E-state index contributed by atoms with van der Waals surface area (Å²) >= 11 is 0. The summed E-state index contributed by atoms with van der Waals surface area (Å²) in [5, 5.41) is 3.73. The van der Waals surface area contributed by atoms with E-state index in [0.29, 0.717) is 11.5 Å². The van der Waals surface area contributed by atoms with E-state index in [1.807, 2.05) is 0 Å². The zero-order chi connectivity index (χ0) is 14.6. The fourth-order valence-electron chi connectivity index (χ4n) is 2.71. The molecule has 0 spiro atoms. The lowest BCUT2D eigenvalue weighted by Crippen LogP contribution is -2.33. The number of hydrogen-bond donors (Lipinski definition) is 1. The first kappa shape index (κ1) is 15.5. The van der Waals surface area contributed by atoms with E-state index in [0.717, 1.165) is 26.2 Å². The van der Waals surface area contributed by atoms with Gasteiger partial charge in [-0.1, -0.05) is 45.0 Å². The minimum Gasteiger partial charge on any atom is -0.310 e. The highest BCUT2D eigenvalue weighted by molar-refractivity contribution is 5.27. The Morgan fingerprint density at radius 3 is 2.30 bits per heavy atom. The summed E-state index contributed by atoms with van der Waals surface area (Å²) < 4.78 is 0. The Morgan fingerprint density at radius 1 is 1.15 bits per heavy atom. The molecular formula is C18H30N2. The van der Waals surface area contributed by atoms with Crippen molar-refractivity contribution < 1.29 is 0 Å². The van der Waals surface area contributed by atoms with Crippen molar-refractivity contribution in [1.29, 1.82) is 0 Å². The molecule has 0 amide bonds. The molecule has 2 nitrogen and oxygen atoms in total. The van der Waals surface area contributed by atoms with E-state index in [9.17, 15) is 0 Å². The van der Waals surface area contributed by atoms with Gasteiger partial charge in [0, 0.05) is 19.1 Å². The van der Waals surface area contributed by atoms with Crippen LogP contribution in [-0.2, 0) is 13.1 Å². The van der Waals surface area contributed by atoms with Crippen molar-refractivity contribution in [2.75, 3.05) is 13.1 Å². The van der Waals surface area contributed by atoms with Gasteiger partial charge in [0.15, 0.2) is 0 Å². The summed E-state index contributed by atoms with van der Waals surface area (Å²) in [6, 6.07) is 9.48. The lowest BCUT2D eigenvalue weighted by atomic mass is 10.00. The molecule has 1 aliphatic carbocycles. The molecule has 1 atom stereocenters. The Balaban J connectivity index is 1.96. The predicted molar refractivity (Wildman–Crippen MR) is 86.7 cm³/mol. The van der Waals surface area contributed by atoms with Crippen LogP contribution < -0.4 is 5.32 Å². The molecule has 1 fully saturated rings. The SMILES string of the molecule is CCN(CC)Cc1ccccc1CNC(C)C1(C)CC1. The van der Waals surface area contributed by atoms with E-state index in [2.05, 4.69) is 62.2 Å². The van der Waals surface area contributed by atoms with E-state index in [-0.39, 0.29) is 0 Å². The van der Waals surface area contributed by atoms with Gasteiger partial charge in [-0.25, -0.2) is 0 Å². The summed E-state index contributed by atoms with van der Waals surface area (Å²) in [5.74, 6) is 0. The molecule has 0 heterocycles. The normalized spacial score (nSPS) is 18.2. The van der Waals surface area contributed by atoms with Crippen LogP contribution in [0, 0.1) is 5.41 Å². The number of rotatable bonds is 8. The van der Waals surface area contributed by atoms with Gasteiger partial charge in [0.25, 0.3) is 0 Å². The van der Waals surface area contributed by atoms with Gasteiger partial charge in [-0.15, -0.1) is 0 Å². The van der Waals surface area contributed by atoms with Crippen LogP contribution in [0.2, 0.25) is 0 Å². The third-order valence-corrected chi connectivity index (χ3v) is 5.09. The molecule has 1 aliphatic rings. The molecule has 1 saturated carbocycles. The minimum absolute atomic E-state index is 0.549. The molecule has 1 unspecified atom stereocenters. The van der Waals surface area contributed by atoms with E-state index < -0.39 is 0 Å². The Kier molecular flexibility index (Phi) is 5.22. The fourth-order valence-corrected chi connectivity index (χ4v) is 2.71. The third kappa shape index (κ3) is 3.83. The second kappa shape index (κ2) is 6.73. The summed E-state index contributed by atoms with van der Waals surface area (Å²) in [6.45, 7) is 13.5. The van der Waals surface area contributed by atoms with Gasteiger partial charge in [0.05, 0.1) is 0 Å². The second-order valence-electron chi connectivity index (χ2n) is 6.49. The van der Waals surface area contributed by atoms with E-state index in [1.54, 1.807) is 0 Å². The van der Waals surface area contributed by atoms with Crippen molar-refractivity contribution in [3.8, 4) is 0 Å². The second-order valence-corrected chi connectivity index (χ2v) is 6.49. The van der Waals surface area contributed by atoms with Crippen LogP contribution in [0.25, 0.3) is 0 Å². The first-order valence-corrected chi connectivity index (χ1v) is 8.11. The topological polar surface area (TPSA) is 15.3 Å². The van der Waals surface area contributed by atoms with Gasteiger partial charge >= 0.3 is 0 Å². The van der Waals surface area contributed by atoms with Crippen molar-refractivity contribution in [3.05, 3.63) is 35.4 Å². The number of nitrogens with one attached hydrogen (secondary N) is 1. The van der Waals surface area contributed by atoms with Crippen LogP contribution in [-0.4, -0.2) is 24.0 Å². The van der Waals surface area contributed by atoms with Crippen molar-refractivity contribution in [2.45, 2.75) is 59.7 Å². The Morgan fingerprint density at radius 2 is 1.75 bits per heavy atom. The quantitative estimate of drug-likeness (QED) is 0.775. The maximum Gasteiger partial charge on any atom is 0.0236 e. The monoisotopic (exact) mass is 274 g/mol. The summed E-state index contributed by atoms with van der Waals surface area (Å²) in [5.41, 5.74) is 3.47. The molecular weight excluding hydrogens is 244 g/mol. The predicted octanol–water partition coefficient (Wildman–Crippen LogP) is 3.81. The van der Waals surface area contributed by atoms with Crippen molar-refractivity contribution in [3.63, 3.8) is 0 Å². The maximum absolute atomic E-state index is 3.73. The summed E-state index contributed by atoms with van der Waals surface area (Å²) in [7, 11) is 0. The molecule has 1 aromatic rings. The molecule has 2 heteroatoms. The van der Waals surface area contributed by atoms with E-state index in [4.69, 9.17) is 0 Å². The lowest BCUT2D eigenvalue weighted by molar-refractivity contribution is 0.294. The zero-order valence-electron chi connectivity index (χ0n) is 13.6. The van der Waals surface area contributed by atoms with Gasteiger partial charge in [0.1, 0.15) is 0 Å². The summed E-state index contributed by atoms with van der Waals surface area (Å²) in [6.07, 6.45) is 2.75. The van der Waals surface area contributed by atoms with Crippen molar-refractivity contribution in [2.24, 2.45) is 5.41 Å². The highest BCUT2D eigenvalue weighted by Crippen LogP contribution is 2.47. The molecule has 2 rings (SSSR count). The molecule has 0 aliphatic heterocycles. The highest BCUT2D eigenvalue weighted by Gasteiger charge is 2.42. The van der Waals surface area contributed by atoms with Crippen LogP contribution in [0.5, 0.6) is 0 Å². The Bertz CT molecular complexity index is 419. The number of benzene rings is 1. The van der Waals surface area contributed by atoms with Crippen LogP contribution in [0.1, 0.15) is 51.7 Å². The standard InChI is InChI=1S/C18H30N2/c1-5-20(6-2)14-17-10-8-7-9-16(17)13-19-15(3)18(4)11-12-18/h7-10,15,19H,5-6,11-14H2,1-4H3. The molecule has 1 aromatic carbocycles.